The molecule has 0 aromatic rings. The molecule has 1 amide bonds. The van der Waals surface area contributed by atoms with E-state index in [1.807, 2.05) is 0 Å². The van der Waals surface area contributed by atoms with Crippen molar-refractivity contribution in [2.45, 2.75) is 44.7 Å². The first-order valence-electron chi connectivity index (χ1n) is 6.24. The van der Waals surface area contributed by atoms with Crippen molar-refractivity contribution in [1.29, 1.82) is 0 Å². The van der Waals surface area contributed by atoms with Crippen LogP contribution >= 0.6 is 0 Å². The summed E-state index contributed by atoms with van der Waals surface area (Å²) < 4.78 is 5.44. The summed E-state index contributed by atoms with van der Waals surface area (Å²) in [6.07, 6.45) is 3.13. The van der Waals surface area contributed by atoms with Gasteiger partial charge in [0.05, 0.1) is 18.2 Å². The van der Waals surface area contributed by atoms with E-state index in [1.54, 1.807) is 0 Å². The smallest absolute Gasteiger partial charge is 0.237 e. The molecule has 2 heterocycles. The van der Waals surface area contributed by atoms with Crippen LogP contribution in [0.1, 0.15) is 33.1 Å². The number of amides is 1. The van der Waals surface area contributed by atoms with E-state index in [0.717, 1.165) is 32.4 Å². The van der Waals surface area contributed by atoms with E-state index < -0.39 is 0 Å². The number of rotatable bonds is 2. The Morgan fingerprint density at radius 3 is 2.94 bits per heavy atom. The molecule has 0 spiro atoms. The summed E-state index contributed by atoms with van der Waals surface area (Å²) >= 11 is 0. The molecule has 0 radical (unpaired) electrons. The van der Waals surface area contributed by atoms with Gasteiger partial charge in [-0.05, 0) is 38.6 Å². The summed E-state index contributed by atoms with van der Waals surface area (Å²) in [5.74, 6) is 0.575. The summed E-state index contributed by atoms with van der Waals surface area (Å²) in [5, 5.41) is 6.40. The highest BCUT2D eigenvalue weighted by atomic mass is 16.5. The fourth-order valence-electron chi connectivity index (χ4n) is 2.59. The van der Waals surface area contributed by atoms with Crippen LogP contribution in [0, 0.1) is 5.92 Å². The van der Waals surface area contributed by atoms with Gasteiger partial charge in [0.2, 0.25) is 5.91 Å². The maximum Gasteiger partial charge on any atom is 0.237 e. The minimum absolute atomic E-state index is 0.0150. The van der Waals surface area contributed by atoms with Crippen LogP contribution in [0.3, 0.4) is 0 Å². The number of carbonyl (C=O) groups excluding carboxylic acids is 1. The molecule has 2 rings (SSSR count). The zero-order chi connectivity index (χ0) is 11.6. The van der Waals surface area contributed by atoms with E-state index in [1.165, 1.54) is 0 Å². The van der Waals surface area contributed by atoms with Gasteiger partial charge >= 0.3 is 0 Å². The van der Waals surface area contributed by atoms with Gasteiger partial charge in [-0.1, -0.05) is 6.92 Å². The van der Waals surface area contributed by atoms with Crippen molar-refractivity contribution in [1.82, 2.24) is 10.6 Å². The Morgan fingerprint density at radius 1 is 1.56 bits per heavy atom. The van der Waals surface area contributed by atoms with Gasteiger partial charge in [0.1, 0.15) is 0 Å². The average Bonchev–Trinajstić information content (AvgIpc) is 2.65. The number of hydrogen-bond donors (Lipinski definition) is 2. The van der Waals surface area contributed by atoms with Gasteiger partial charge in [-0.2, -0.15) is 0 Å². The molecule has 0 aromatic heterocycles. The third-order valence-electron chi connectivity index (χ3n) is 3.68. The molecule has 2 N–H and O–H groups in total. The first-order chi connectivity index (χ1) is 7.61. The standard InChI is InChI=1S/C12H22N2O2/c1-9-4-6-13-10(9)11(15)14-12(2)5-3-7-16-8-12/h9-10,13H,3-8H2,1-2H3,(H,14,15). The predicted molar refractivity (Wildman–Crippen MR) is 62.2 cm³/mol. The SMILES string of the molecule is CC1CCNC1C(=O)NC1(C)CCCOC1. The molecule has 3 unspecified atom stereocenters. The molecule has 16 heavy (non-hydrogen) atoms. The lowest BCUT2D eigenvalue weighted by Crippen LogP contribution is -2.56. The lowest BCUT2D eigenvalue weighted by molar-refractivity contribution is -0.127. The minimum atomic E-state index is -0.167. The monoisotopic (exact) mass is 226 g/mol. The number of carbonyl (C=O) groups is 1. The van der Waals surface area contributed by atoms with Gasteiger partial charge in [0.25, 0.3) is 0 Å². The van der Waals surface area contributed by atoms with Crippen LogP contribution in [0.25, 0.3) is 0 Å². The second kappa shape index (κ2) is 4.72. The maximum absolute atomic E-state index is 12.1. The molecule has 2 fully saturated rings. The lowest BCUT2D eigenvalue weighted by Gasteiger charge is -2.35. The summed E-state index contributed by atoms with van der Waals surface area (Å²) in [4.78, 5) is 12.1. The Balaban J connectivity index is 1.90. The third-order valence-corrected chi connectivity index (χ3v) is 3.68. The molecule has 4 heteroatoms. The van der Waals surface area contributed by atoms with Crippen LogP contribution in [0.4, 0.5) is 0 Å². The van der Waals surface area contributed by atoms with E-state index in [9.17, 15) is 4.79 Å². The normalized spacial score (nSPS) is 39.6. The molecule has 0 saturated carbocycles. The van der Waals surface area contributed by atoms with Crippen molar-refractivity contribution in [3.05, 3.63) is 0 Å². The van der Waals surface area contributed by atoms with Crippen molar-refractivity contribution >= 4 is 5.91 Å². The van der Waals surface area contributed by atoms with Crippen molar-refractivity contribution in [3.8, 4) is 0 Å². The number of ether oxygens (including phenoxy) is 1. The van der Waals surface area contributed by atoms with E-state index in [0.29, 0.717) is 12.5 Å². The largest absolute Gasteiger partial charge is 0.379 e. The van der Waals surface area contributed by atoms with Gasteiger partial charge in [0, 0.05) is 6.61 Å². The van der Waals surface area contributed by atoms with E-state index in [4.69, 9.17) is 4.74 Å². The molecule has 0 aliphatic carbocycles. The predicted octanol–water partition coefficient (Wildman–Crippen LogP) is 0.670. The van der Waals surface area contributed by atoms with Crippen LogP contribution in [0.2, 0.25) is 0 Å². The second-order valence-corrected chi connectivity index (χ2v) is 5.40. The summed E-state index contributed by atoms with van der Waals surface area (Å²) in [5.41, 5.74) is -0.167. The summed E-state index contributed by atoms with van der Waals surface area (Å²) in [6, 6.07) is -0.0150. The van der Waals surface area contributed by atoms with Gasteiger partial charge in [0.15, 0.2) is 0 Å². The topological polar surface area (TPSA) is 50.4 Å². The van der Waals surface area contributed by atoms with Crippen molar-refractivity contribution < 1.29 is 9.53 Å². The first-order valence-corrected chi connectivity index (χ1v) is 6.24. The zero-order valence-corrected chi connectivity index (χ0v) is 10.2. The highest BCUT2D eigenvalue weighted by Gasteiger charge is 2.35. The first kappa shape index (κ1) is 11.9. The maximum atomic E-state index is 12.1. The van der Waals surface area contributed by atoms with E-state index in [-0.39, 0.29) is 17.5 Å². The highest BCUT2D eigenvalue weighted by molar-refractivity contribution is 5.83. The second-order valence-electron chi connectivity index (χ2n) is 5.40. The molecule has 2 aliphatic heterocycles. The minimum Gasteiger partial charge on any atom is -0.379 e. The third kappa shape index (κ3) is 2.55. The van der Waals surface area contributed by atoms with Crippen LogP contribution < -0.4 is 10.6 Å². The molecule has 0 aromatic carbocycles. The molecule has 2 aliphatic rings. The van der Waals surface area contributed by atoms with Crippen molar-refractivity contribution in [2.75, 3.05) is 19.8 Å². The Morgan fingerprint density at radius 2 is 2.38 bits per heavy atom. The number of nitrogens with one attached hydrogen (secondary N) is 2. The Kier molecular flexibility index (Phi) is 3.50. The fraction of sp³-hybridized carbons (Fsp3) is 0.917. The molecule has 0 bridgehead atoms. The number of hydrogen-bond acceptors (Lipinski definition) is 3. The van der Waals surface area contributed by atoms with Crippen LogP contribution in [0.15, 0.2) is 0 Å². The summed E-state index contributed by atoms with van der Waals surface area (Å²) in [6.45, 7) is 6.61. The van der Waals surface area contributed by atoms with Crippen LogP contribution in [0.5, 0.6) is 0 Å². The van der Waals surface area contributed by atoms with Crippen molar-refractivity contribution in [2.24, 2.45) is 5.92 Å². The fourth-order valence-corrected chi connectivity index (χ4v) is 2.59. The molecular formula is C12H22N2O2. The Bertz CT molecular complexity index is 262. The van der Waals surface area contributed by atoms with Crippen LogP contribution in [-0.4, -0.2) is 37.2 Å². The quantitative estimate of drug-likeness (QED) is 0.727. The van der Waals surface area contributed by atoms with E-state index >= 15 is 0 Å². The highest BCUT2D eigenvalue weighted by Crippen LogP contribution is 2.20. The lowest BCUT2D eigenvalue weighted by atomic mass is 9.93. The molecular weight excluding hydrogens is 204 g/mol. The van der Waals surface area contributed by atoms with Crippen molar-refractivity contribution in [3.63, 3.8) is 0 Å². The van der Waals surface area contributed by atoms with Gasteiger partial charge in [-0.3, -0.25) is 4.79 Å². The van der Waals surface area contributed by atoms with Gasteiger partial charge < -0.3 is 15.4 Å². The molecule has 92 valence electrons. The van der Waals surface area contributed by atoms with Gasteiger partial charge in [-0.15, -0.1) is 0 Å². The molecule has 2 saturated heterocycles. The van der Waals surface area contributed by atoms with Crippen LogP contribution in [-0.2, 0) is 9.53 Å². The Hall–Kier alpha value is -0.610. The Labute approximate surface area is 97.1 Å². The zero-order valence-electron chi connectivity index (χ0n) is 10.2. The summed E-state index contributed by atoms with van der Waals surface area (Å²) in [7, 11) is 0. The van der Waals surface area contributed by atoms with E-state index in [2.05, 4.69) is 24.5 Å². The molecule has 4 nitrogen and oxygen atoms in total. The average molecular weight is 226 g/mol. The van der Waals surface area contributed by atoms with Gasteiger partial charge in [-0.25, -0.2) is 0 Å². The molecule has 3 atom stereocenters.